The quantitative estimate of drug-likeness (QED) is 0.258. The third kappa shape index (κ3) is 11.2. The topological polar surface area (TPSA) is 59.9 Å². The Labute approximate surface area is 168 Å². The highest BCUT2D eigenvalue weighted by Crippen LogP contribution is 2.13. The molecule has 150 valence electrons. The second-order valence-electron chi connectivity index (χ2n) is 6.50. The second kappa shape index (κ2) is 14.9. The fourth-order valence-corrected chi connectivity index (χ4v) is 3.11. The number of likely N-dealkylation sites (tertiary alicyclic amines) is 1. The van der Waals surface area contributed by atoms with Gasteiger partial charge >= 0.3 is 0 Å². The molecule has 0 spiro atoms. The Morgan fingerprint density at radius 3 is 2.44 bits per heavy atom. The summed E-state index contributed by atoms with van der Waals surface area (Å²) in [5, 5.41) is 15.8. The van der Waals surface area contributed by atoms with Crippen molar-refractivity contribution in [3.63, 3.8) is 0 Å². The number of hydrogen-bond donors (Lipinski definition) is 3. The van der Waals surface area contributed by atoms with Crippen LogP contribution in [0.1, 0.15) is 46.0 Å². The van der Waals surface area contributed by atoms with Gasteiger partial charge in [0, 0.05) is 38.8 Å². The van der Waals surface area contributed by atoms with Crippen LogP contribution in [0.25, 0.3) is 0 Å². The minimum Gasteiger partial charge on any atom is -0.396 e. The van der Waals surface area contributed by atoms with Gasteiger partial charge < -0.3 is 15.7 Å². The molecular formula is C17H35F2IN4O. The van der Waals surface area contributed by atoms with E-state index in [1.165, 1.54) is 0 Å². The van der Waals surface area contributed by atoms with Crippen molar-refractivity contribution in [2.24, 2.45) is 10.9 Å². The second-order valence-corrected chi connectivity index (χ2v) is 6.50. The highest BCUT2D eigenvalue weighted by molar-refractivity contribution is 14.0. The van der Waals surface area contributed by atoms with E-state index in [9.17, 15) is 8.78 Å². The maximum absolute atomic E-state index is 12.4. The molecule has 1 heterocycles. The van der Waals surface area contributed by atoms with Crippen molar-refractivity contribution in [2.75, 3.05) is 39.3 Å². The first kappa shape index (κ1) is 24.8. The van der Waals surface area contributed by atoms with Crippen LogP contribution in [0.3, 0.4) is 0 Å². The van der Waals surface area contributed by atoms with Crippen LogP contribution in [0.4, 0.5) is 8.78 Å². The van der Waals surface area contributed by atoms with Gasteiger partial charge in [-0.05, 0) is 38.5 Å². The first-order valence-electron chi connectivity index (χ1n) is 9.25. The molecule has 0 aromatic heterocycles. The van der Waals surface area contributed by atoms with Gasteiger partial charge in [-0.2, -0.15) is 0 Å². The zero-order chi connectivity index (χ0) is 17.8. The van der Waals surface area contributed by atoms with Crippen LogP contribution in [0, 0.1) is 5.92 Å². The van der Waals surface area contributed by atoms with E-state index in [1.54, 1.807) is 0 Å². The molecule has 0 radical (unpaired) electrons. The SMILES string of the molecule is CCCC(CCO)CN=C(NCC)NC1CCN(CC(F)F)CC1.I. The number of rotatable bonds is 10. The van der Waals surface area contributed by atoms with Gasteiger partial charge in [0.25, 0.3) is 6.43 Å². The molecule has 8 heteroatoms. The molecule has 25 heavy (non-hydrogen) atoms. The summed E-state index contributed by atoms with van der Waals surface area (Å²) < 4.78 is 24.8. The third-order valence-electron chi connectivity index (χ3n) is 4.41. The molecule has 1 fully saturated rings. The summed E-state index contributed by atoms with van der Waals surface area (Å²) in [5.41, 5.74) is 0. The smallest absolute Gasteiger partial charge is 0.251 e. The maximum Gasteiger partial charge on any atom is 0.251 e. The van der Waals surface area contributed by atoms with Crippen LogP contribution < -0.4 is 10.6 Å². The van der Waals surface area contributed by atoms with E-state index in [2.05, 4.69) is 22.5 Å². The number of aliphatic hydroxyl groups excluding tert-OH is 1. The summed E-state index contributed by atoms with van der Waals surface area (Å²) in [7, 11) is 0. The molecule has 5 nitrogen and oxygen atoms in total. The van der Waals surface area contributed by atoms with Crippen LogP contribution >= 0.6 is 24.0 Å². The molecule has 3 N–H and O–H groups in total. The summed E-state index contributed by atoms with van der Waals surface area (Å²) in [4.78, 5) is 6.49. The minimum absolute atomic E-state index is 0. The number of nitrogens with zero attached hydrogens (tertiary/aromatic N) is 2. The van der Waals surface area contributed by atoms with Crippen molar-refractivity contribution in [3.05, 3.63) is 0 Å². The lowest BCUT2D eigenvalue weighted by atomic mass is 10.0. The number of aliphatic hydroxyl groups is 1. The van der Waals surface area contributed by atoms with E-state index in [1.807, 2.05) is 11.8 Å². The lowest BCUT2D eigenvalue weighted by Gasteiger charge is -2.32. The predicted molar refractivity (Wildman–Crippen MR) is 110 cm³/mol. The van der Waals surface area contributed by atoms with Crippen molar-refractivity contribution in [1.29, 1.82) is 0 Å². The fourth-order valence-electron chi connectivity index (χ4n) is 3.11. The number of guanidine groups is 1. The normalized spacial score (nSPS) is 18.1. The Morgan fingerprint density at radius 1 is 1.24 bits per heavy atom. The number of aliphatic imine (C=N–C) groups is 1. The third-order valence-corrected chi connectivity index (χ3v) is 4.41. The molecule has 1 unspecified atom stereocenters. The molecule has 0 aromatic rings. The van der Waals surface area contributed by atoms with E-state index in [0.717, 1.165) is 44.6 Å². The summed E-state index contributed by atoms with van der Waals surface area (Å²) in [6.45, 7) is 7.13. The van der Waals surface area contributed by atoms with Crippen molar-refractivity contribution in [1.82, 2.24) is 15.5 Å². The van der Waals surface area contributed by atoms with Gasteiger partial charge in [-0.15, -0.1) is 24.0 Å². The molecule has 0 aliphatic carbocycles. The number of alkyl halides is 2. The van der Waals surface area contributed by atoms with Crippen LogP contribution in [-0.4, -0.2) is 67.8 Å². The number of nitrogens with one attached hydrogen (secondary N) is 2. The molecule has 1 aliphatic rings. The van der Waals surface area contributed by atoms with E-state index in [4.69, 9.17) is 5.11 Å². The maximum atomic E-state index is 12.4. The van der Waals surface area contributed by atoms with Crippen LogP contribution in [0.15, 0.2) is 4.99 Å². The molecular weight excluding hydrogens is 441 g/mol. The van der Waals surface area contributed by atoms with Crippen molar-refractivity contribution >= 4 is 29.9 Å². The molecule has 1 aliphatic heterocycles. The van der Waals surface area contributed by atoms with Crippen molar-refractivity contribution in [2.45, 2.75) is 58.4 Å². The standard InChI is InChI=1S/C17H34F2N4O.HI/c1-3-5-14(8-11-24)12-21-17(20-4-2)22-15-6-9-23(10-7-15)13-16(18)19;/h14-16,24H,3-13H2,1-2H3,(H2,20,21,22);1H. The van der Waals surface area contributed by atoms with Gasteiger partial charge in [-0.1, -0.05) is 13.3 Å². The predicted octanol–water partition coefficient (Wildman–Crippen LogP) is 2.69. The van der Waals surface area contributed by atoms with Crippen molar-refractivity contribution < 1.29 is 13.9 Å². The summed E-state index contributed by atoms with van der Waals surface area (Å²) >= 11 is 0. The van der Waals surface area contributed by atoms with E-state index in [-0.39, 0.29) is 43.2 Å². The number of piperidine rings is 1. The zero-order valence-corrected chi connectivity index (χ0v) is 17.8. The van der Waals surface area contributed by atoms with Gasteiger partial charge in [0.15, 0.2) is 5.96 Å². The molecule has 1 rings (SSSR count). The lowest BCUT2D eigenvalue weighted by Crippen LogP contribution is -2.49. The Morgan fingerprint density at radius 2 is 1.92 bits per heavy atom. The van der Waals surface area contributed by atoms with Crippen LogP contribution in [-0.2, 0) is 0 Å². The van der Waals surface area contributed by atoms with Crippen molar-refractivity contribution in [3.8, 4) is 0 Å². The molecule has 0 saturated carbocycles. The average Bonchev–Trinajstić information content (AvgIpc) is 2.54. The Kier molecular flexibility index (Phi) is 14.8. The summed E-state index contributed by atoms with van der Waals surface area (Å²) in [5.74, 6) is 1.20. The van der Waals surface area contributed by atoms with Gasteiger partial charge in [0.2, 0.25) is 0 Å². The van der Waals surface area contributed by atoms with Gasteiger partial charge in [-0.25, -0.2) is 8.78 Å². The molecule has 0 bridgehead atoms. The minimum atomic E-state index is -2.25. The number of hydrogen-bond acceptors (Lipinski definition) is 3. The largest absolute Gasteiger partial charge is 0.396 e. The van der Waals surface area contributed by atoms with Gasteiger partial charge in [0.05, 0.1) is 6.54 Å². The molecule has 1 saturated heterocycles. The van der Waals surface area contributed by atoms with Crippen LogP contribution in [0.2, 0.25) is 0 Å². The molecule has 1 atom stereocenters. The zero-order valence-electron chi connectivity index (χ0n) is 15.5. The summed E-state index contributed by atoms with van der Waals surface area (Å²) in [6, 6.07) is 0.277. The Bertz CT molecular complexity index is 348. The first-order chi connectivity index (χ1) is 11.6. The highest BCUT2D eigenvalue weighted by Gasteiger charge is 2.22. The lowest BCUT2D eigenvalue weighted by molar-refractivity contribution is 0.0744. The molecule has 0 amide bonds. The average molecular weight is 476 g/mol. The number of halogens is 3. The Balaban J connectivity index is 0.00000576. The van der Waals surface area contributed by atoms with E-state index < -0.39 is 6.43 Å². The Hall–Kier alpha value is -0.220. The van der Waals surface area contributed by atoms with E-state index in [0.29, 0.717) is 25.6 Å². The fraction of sp³-hybridized carbons (Fsp3) is 0.941. The van der Waals surface area contributed by atoms with Gasteiger partial charge in [-0.3, -0.25) is 9.89 Å². The highest BCUT2D eigenvalue weighted by atomic mass is 127. The summed E-state index contributed by atoms with van der Waals surface area (Å²) in [6.07, 6.45) is 2.39. The van der Waals surface area contributed by atoms with Gasteiger partial charge in [0.1, 0.15) is 0 Å². The van der Waals surface area contributed by atoms with E-state index >= 15 is 0 Å². The monoisotopic (exact) mass is 476 g/mol. The van der Waals surface area contributed by atoms with Crippen LogP contribution in [0.5, 0.6) is 0 Å². The molecule has 0 aromatic carbocycles. The first-order valence-corrected chi connectivity index (χ1v) is 9.25.